The Balaban J connectivity index is 1.66. The number of amides is 1. The molecule has 1 fully saturated rings. The van der Waals surface area contributed by atoms with Crippen LogP contribution in [0.2, 0.25) is 0 Å². The van der Waals surface area contributed by atoms with Gasteiger partial charge in [0.2, 0.25) is 5.91 Å². The van der Waals surface area contributed by atoms with Gasteiger partial charge in [-0.05, 0) is 22.8 Å². The van der Waals surface area contributed by atoms with E-state index in [1.54, 1.807) is 11.0 Å². The second-order valence-corrected chi connectivity index (χ2v) is 6.40. The SMILES string of the molecule is O=C1[C@@H]2c3cccc(C(F)(F)F)c3CO[C@@H]2CN1Cc1ccccc1. The summed E-state index contributed by atoms with van der Waals surface area (Å²) >= 11 is 0. The molecule has 2 aliphatic rings. The van der Waals surface area contributed by atoms with Crippen LogP contribution in [0.3, 0.4) is 0 Å². The summed E-state index contributed by atoms with van der Waals surface area (Å²) in [6.45, 7) is 0.719. The van der Waals surface area contributed by atoms with Gasteiger partial charge in [0.15, 0.2) is 0 Å². The molecule has 4 rings (SSSR count). The molecule has 1 amide bonds. The molecule has 0 saturated carbocycles. The van der Waals surface area contributed by atoms with E-state index < -0.39 is 23.8 Å². The van der Waals surface area contributed by atoms with Crippen LogP contribution >= 0.6 is 0 Å². The van der Waals surface area contributed by atoms with Gasteiger partial charge in [-0.15, -0.1) is 0 Å². The second-order valence-electron chi connectivity index (χ2n) is 6.40. The summed E-state index contributed by atoms with van der Waals surface area (Å²) in [6.07, 6.45) is -4.85. The van der Waals surface area contributed by atoms with E-state index in [-0.39, 0.29) is 18.1 Å². The molecule has 2 aromatic rings. The topological polar surface area (TPSA) is 29.5 Å². The lowest BCUT2D eigenvalue weighted by Gasteiger charge is -2.28. The van der Waals surface area contributed by atoms with Gasteiger partial charge in [-0.1, -0.05) is 42.5 Å². The van der Waals surface area contributed by atoms with Crippen molar-refractivity contribution in [3.05, 3.63) is 70.8 Å². The van der Waals surface area contributed by atoms with Gasteiger partial charge in [0, 0.05) is 13.1 Å². The van der Waals surface area contributed by atoms with Gasteiger partial charge < -0.3 is 9.64 Å². The van der Waals surface area contributed by atoms with E-state index in [4.69, 9.17) is 4.74 Å². The number of carbonyl (C=O) groups excluding carboxylic acids is 1. The average molecular weight is 347 g/mol. The first-order valence-corrected chi connectivity index (χ1v) is 8.08. The minimum Gasteiger partial charge on any atom is -0.370 e. The van der Waals surface area contributed by atoms with Crippen molar-refractivity contribution in [1.29, 1.82) is 0 Å². The minimum absolute atomic E-state index is 0.0890. The maximum atomic E-state index is 13.2. The van der Waals surface area contributed by atoms with Gasteiger partial charge in [0.05, 0.1) is 24.2 Å². The number of alkyl halides is 3. The summed E-state index contributed by atoms with van der Waals surface area (Å²) < 4.78 is 45.3. The molecule has 2 aliphatic heterocycles. The molecule has 0 unspecified atom stereocenters. The molecule has 0 N–H and O–H groups in total. The maximum absolute atomic E-state index is 13.2. The molecule has 2 heterocycles. The van der Waals surface area contributed by atoms with Crippen molar-refractivity contribution in [2.45, 2.75) is 31.3 Å². The van der Waals surface area contributed by atoms with Crippen molar-refractivity contribution in [3.8, 4) is 0 Å². The number of benzene rings is 2. The lowest BCUT2D eigenvalue weighted by atomic mass is 9.86. The van der Waals surface area contributed by atoms with Crippen LogP contribution in [-0.4, -0.2) is 23.5 Å². The number of halogens is 3. The molecule has 2 atom stereocenters. The number of ether oxygens (including phenoxy) is 1. The van der Waals surface area contributed by atoms with Crippen molar-refractivity contribution in [2.75, 3.05) is 6.54 Å². The zero-order valence-corrected chi connectivity index (χ0v) is 13.3. The fraction of sp³-hybridized carbons (Fsp3) is 0.316. The van der Waals surface area contributed by atoms with E-state index in [1.165, 1.54) is 6.07 Å². The van der Waals surface area contributed by atoms with E-state index >= 15 is 0 Å². The van der Waals surface area contributed by atoms with Gasteiger partial charge in [0.25, 0.3) is 0 Å². The largest absolute Gasteiger partial charge is 0.416 e. The van der Waals surface area contributed by atoms with Crippen LogP contribution in [0.4, 0.5) is 13.2 Å². The number of rotatable bonds is 2. The van der Waals surface area contributed by atoms with Gasteiger partial charge in [-0.2, -0.15) is 13.2 Å². The van der Waals surface area contributed by atoms with Crippen molar-refractivity contribution in [1.82, 2.24) is 4.90 Å². The molecule has 6 heteroatoms. The number of likely N-dealkylation sites (tertiary alicyclic amines) is 1. The first-order valence-electron chi connectivity index (χ1n) is 8.08. The number of nitrogens with zero attached hydrogens (tertiary/aromatic N) is 1. The molecule has 0 radical (unpaired) electrons. The Morgan fingerprint density at radius 3 is 2.56 bits per heavy atom. The molecule has 25 heavy (non-hydrogen) atoms. The third-order valence-electron chi connectivity index (χ3n) is 4.86. The molecular formula is C19H16F3NO2. The summed E-state index contributed by atoms with van der Waals surface area (Å²) in [6, 6.07) is 13.6. The third kappa shape index (κ3) is 2.80. The molecule has 0 aromatic heterocycles. The van der Waals surface area contributed by atoms with Crippen LogP contribution in [0.25, 0.3) is 0 Å². The Morgan fingerprint density at radius 1 is 1.08 bits per heavy atom. The first kappa shape index (κ1) is 16.1. The molecular weight excluding hydrogens is 331 g/mol. The number of fused-ring (bicyclic) bond motifs is 3. The fourth-order valence-electron chi connectivity index (χ4n) is 3.71. The summed E-state index contributed by atoms with van der Waals surface area (Å²) in [4.78, 5) is 14.5. The Labute approximate surface area is 143 Å². The predicted octanol–water partition coefficient (Wildman–Crippen LogP) is 3.73. The molecule has 130 valence electrons. The van der Waals surface area contributed by atoms with E-state index in [0.29, 0.717) is 18.7 Å². The van der Waals surface area contributed by atoms with Crippen LogP contribution in [0.5, 0.6) is 0 Å². The lowest BCUT2D eigenvalue weighted by molar-refractivity contribution is -0.140. The third-order valence-corrected chi connectivity index (χ3v) is 4.86. The van der Waals surface area contributed by atoms with E-state index in [0.717, 1.165) is 11.6 Å². The van der Waals surface area contributed by atoms with Gasteiger partial charge in [-0.25, -0.2) is 0 Å². The molecule has 2 aromatic carbocycles. The van der Waals surface area contributed by atoms with Crippen LogP contribution in [0.15, 0.2) is 48.5 Å². The van der Waals surface area contributed by atoms with Crippen LogP contribution in [0, 0.1) is 0 Å². The van der Waals surface area contributed by atoms with Crippen LogP contribution in [0.1, 0.15) is 28.2 Å². The summed E-state index contributed by atoms with van der Waals surface area (Å²) in [5.41, 5.74) is 0.814. The highest BCUT2D eigenvalue weighted by molar-refractivity contribution is 5.87. The molecule has 0 bridgehead atoms. The Kier molecular flexibility index (Phi) is 3.80. The number of hydrogen-bond acceptors (Lipinski definition) is 2. The van der Waals surface area contributed by atoms with Gasteiger partial charge in [0.1, 0.15) is 0 Å². The Bertz CT molecular complexity index is 804. The lowest BCUT2D eigenvalue weighted by Crippen LogP contribution is -2.30. The molecule has 0 aliphatic carbocycles. The highest BCUT2D eigenvalue weighted by Crippen LogP contribution is 2.43. The van der Waals surface area contributed by atoms with Crippen molar-refractivity contribution < 1.29 is 22.7 Å². The molecule has 1 saturated heterocycles. The van der Waals surface area contributed by atoms with Crippen molar-refractivity contribution >= 4 is 5.91 Å². The number of hydrogen-bond donors (Lipinski definition) is 0. The summed E-state index contributed by atoms with van der Waals surface area (Å²) in [5, 5.41) is 0. The normalized spacial score (nSPS) is 22.7. The van der Waals surface area contributed by atoms with Gasteiger partial charge >= 0.3 is 6.18 Å². The number of carbonyl (C=O) groups is 1. The average Bonchev–Trinajstić information content (AvgIpc) is 2.91. The standard InChI is InChI=1S/C19H16F3NO2/c20-19(21,22)15-8-4-7-13-14(15)11-25-16-10-23(18(24)17(13)16)9-12-5-2-1-3-6-12/h1-8,16-17H,9-11H2/t16-,17-/m1/s1. The van der Waals surface area contributed by atoms with E-state index in [1.807, 2.05) is 30.3 Å². The Hall–Kier alpha value is -2.34. The monoisotopic (exact) mass is 347 g/mol. The van der Waals surface area contributed by atoms with Gasteiger partial charge in [-0.3, -0.25) is 4.79 Å². The van der Waals surface area contributed by atoms with Crippen LogP contribution in [-0.2, 0) is 28.9 Å². The van der Waals surface area contributed by atoms with Crippen molar-refractivity contribution in [2.24, 2.45) is 0 Å². The predicted molar refractivity (Wildman–Crippen MR) is 84.6 cm³/mol. The second kappa shape index (κ2) is 5.88. The summed E-state index contributed by atoms with van der Waals surface area (Å²) in [7, 11) is 0. The quantitative estimate of drug-likeness (QED) is 0.828. The Morgan fingerprint density at radius 2 is 1.84 bits per heavy atom. The highest BCUT2D eigenvalue weighted by atomic mass is 19.4. The summed E-state index contributed by atoms with van der Waals surface area (Å²) in [5.74, 6) is -0.830. The highest BCUT2D eigenvalue weighted by Gasteiger charge is 2.47. The molecule has 3 nitrogen and oxygen atoms in total. The van der Waals surface area contributed by atoms with E-state index in [2.05, 4.69) is 0 Å². The molecule has 0 spiro atoms. The maximum Gasteiger partial charge on any atom is 0.416 e. The first-order chi connectivity index (χ1) is 11.9. The van der Waals surface area contributed by atoms with Crippen molar-refractivity contribution in [3.63, 3.8) is 0 Å². The van der Waals surface area contributed by atoms with E-state index in [9.17, 15) is 18.0 Å². The zero-order valence-electron chi connectivity index (χ0n) is 13.3. The minimum atomic E-state index is -4.45. The zero-order chi connectivity index (χ0) is 17.6. The fourth-order valence-corrected chi connectivity index (χ4v) is 3.71. The smallest absolute Gasteiger partial charge is 0.370 e. The van der Waals surface area contributed by atoms with Crippen LogP contribution < -0.4 is 0 Å².